The molecule has 1 saturated heterocycles. The lowest BCUT2D eigenvalue weighted by molar-refractivity contribution is -0.140. The van der Waals surface area contributed by atoms with Crippen LogP contribution in [-0.2, 0) is 15.0 Å². The molecule has 6 nitrogen and oxygen atoms in total. The van der Waals surface area contributed by atoms with Crippen LogP contribution < -0.4 is 5.32 Å². The molecular weight excluding hydrogens is 342 g/mol. The summed E-state index contributed by atoms with van der Waals surface area (Å²) >= 11 is 0. The maximum Gasteiger partial charge on any atom is 0.251 e. The van der Waals surface area contributed by atoms with E-state index in [-0.39, 0.29) is 23.1 Å². The Kier molecular flexibility index (Phi) is 6.63. The van der Waals surface area contributed by atoms with Gasteiger partial charge in [-0.3, -0.25) is 14.4 Å². The van der Waals surface area contributed by atoms with E-state index in [9.17, 15) is 14.4 Å². The standard InChI is InChI=1S/C21H31N3O3/c1-6-18(25)23-11-13-24(14-12-23)20(27)15(2)22-19(26)16-7-9-17(10-8-16)21(3,4)5/h7-10,15H,6,11-14H2,1-5H3,(H,22,26). The van der Waals surface area contributed by atoms with Gasteiger partial charge in [-0.05, 0) is 30.0 Å². The number of piperazine rings is 1. The van der Waals surface area contributed by atoms with Gasteiger partial charge in [-0.1, -0.05) is 39.8 Å². The lowest BCUT2D eigenvalue weighted by Gasteiger charge is -2.36. The van der Waals surface area contributed by atoms with Crippen molar-refractivity contribution in [2.45, 2.75) is 52.5 Å². The molecule has 0 aromatic heterocycles. The molecule has 0 saturated carbocycles. The van der Waals surface area contributed by atoms with Crippen LogP contribution in [0, 0.1) is 0 Å². The Morgan fingerprint density at radius 3 is 2.00 bits per heavy atom. The van der Waals surface area contributed by atoms with E-state index in [1.807, 2.05) is 19.1 Å². The first-order valence-electron chi connectivity index (χ1n) is 9.61. The predicted molar refractivity (Wildman–Crippen MR) is 106 cm³/mol. The lowest BCUT2D eigenvalue weighted by atomic mass is 9.86. The second kappa shape index (κ2) is 8.55. The predicted octanol–water partition coefficient (Wildman–Crippen LogP) is 2.18. The van der Waals surface area contributed by atoms with Crippen molar-refractivity contribution >= 4 is 17.7 Å². The lowest BCUT2D eigenvalue weighted by Crippen LogP contribution is -2.55. The molecule has 1 aliphatic rings. The molecule has 1 fully saturated rings. The number of carbonyl (C=O) groups is 3. The molecule has 1 N–H and O–H groups in total. The van der Waals surface area contributed by atoms with Crippen LogP contribution in [-0.4, -0.2) is 59.7 Å². The molecule has 0 spiro atoms. The third kappa shape index (κ3) is 5.31. The summed E-state index contributed by atoms with van der Waals surface area (Å²) in [7, 11) is 0. The normalized spacial score (nSPS) is 16.0. The molecule has 27 heavy (non-hydrogen) atoms. The van der Waals surface area contributed by atoms with Crippen molar-refractivity contribution in [3.05, 3.63) is 35.4 Å². The van der Waals surface area contributed by atoms with Crippen molar-refractivity contribution in [3.63, 3.8) is 0 Å². The maximum atomic E-state index is 12.6. The minimum Gasteiger partial charge on any atom is -0.341 e. The van der Waals surface area contributed by atoms with Gasteiger partial charge in [0.25, 0.3) is 5.91 Å². The van der Waals surface area contributed by atoms with Gasteiger partial charge in [0.1, 0.15) is 6.04 Å². The Balaban J connectivity index is 1.90. The largest absolute Gasteiger partial charge is 0.341 e. The molecule has 0 radical (unpaired) electrons. The van der Waals surface area contributed by atoms with E-state index in [0.717, 1.165) is 5.56 Å². The third-order valence-electron chi connectivity index (χ3n) is 4.98. The Labute approximate surface area is 161 Å². The van der Waals surface area contributed by atoms with E-state index < -0.39 is 6.04 Å². The minimum absolute atomic E-state index is 0.0273. The molecule has 1 aromatic carbocycles. The van der Waals surface area contributed by atoms with Crippen molar-refractivity contribution in [3.8, 4) is 0 Å². The van der Waals surface area contributed by atoms with Gasteiger partial charge in [0, 0.05) is 38.2 Å². The number of benzene rings is 1. The summed E-state index contributed by atoms with van der Waals surface area (Å²) in [6.07, 6.45) is 0.481. The van der Waals surface area contributed by atoms with E-state index in [2.05, 4.69) is 26.1 Å². The second-order valence-corrected chi connectivity index (χ2v) is 8.08. The number of amides is 3. The van der Waals surface area contributed by atoms with Gasteiger partial charge < -0.3 is 15.1 Å². The van der Waals surface area contributed by atoms with Gasteiger partial charge >= 0.3 is 0 Å². The summed E-state index contributed by atoms with van der Waals surface area (Å²) in [5, 5.41) is 2.79. The average molecular weight is 373 g/mol. The molecule has 148 valence electrons. The molecule has 2 rings (SSSR count). The first kappa shape index (κ1) is 20.9. The van der Waals surface area contributed by atoms with Crippen LogP contribution in [0.5, 0.6) is 0 Å². The van der Waals surface area contributed by atoms with Gasteiger partial charge in [0.2, 0.25) is 11.8 Å². The van der Waals surface area contributed by atoms with E-state index >= 15 is 0 Å². The van der Waals surface area contributed by atoms with Gasteiger partial charge in [-0.2, -0.15) is 0 Å². The molecule has 1 heterocycles. The quantitative estimate of drug-likeness (QED) is 0.879. The summed E-state index contributed by atoms with van der Waals surface area (Å²) in [5.41, 5.74) is 1.73. The number of nitrogens with one attached hydrogen (secondary N) is 1. The highest BCUT2D eigenvalue weighted by Gasteiger charge is 2.27. The van der Waals surface area contributed by atoms with Crippen molar-refractivity contribution in [2.24, 2.45) is 0 Å². The van der Waals surface area contributed by atoms with Crippen molar-refractivity contribution in [1.82, 2.24) is 15.1 Å². The monoisotopic (exact) mass is 373 g/mol. The van der Waals surface area contributed by atoms with Crippen molar-refractivity contribution in [2.75, 3.05) is 26.2 Å². The van der Waals surface area contributed by atoms with E-state index in [4.69, 9.17) is 0 Å². The summed E-state index contributed by atoms with van der Waals surface area (Å²) in [5.74, 6) is -0.253. The Morgan fingerprint density at radius 2 is 1.52 bits per heavy atom. The number of hydrogen-bond donors (Lipinski definition) is 1. The number of nitrogens with zero attached hydrogens (tertiary/aromatic N) is 2. The Hall–Kier alpha value is -2.37. The zero-order valence-corrected chi connectivity index (χ0v) is 17.0. The van der Waals surface area contributed by atoms with Crippen LogP contribution >= 0.6 is 0 Å². The van der Waals surface area contributed by atoms with Gasteiger partial charge in [-0.15, -0.1) is 0 Å². The van der Waals surface area contributed by atoms with E-state index in [1.54, 1.807) is 28.9 Å². The van der Waals surface area contributed by atoms with Crippen LogP contribution in [0.15, 0.2) is 24.3 Å². The SMILES string of the molecule is CCC(=O)N1CCN(C(=O)C(C)NC(=O)c2ccc(C(C)(C)C)cc2)CC1. The second-order valence-electron chi connectivity index (χ2n) is 8.08. The summed E-state index contributed by atoms with van der Waals surface area (Å²) in [6.45, 7) is 12.0. The molecule has 3 amide bonds. The topological polar surface area (TPSA) is 69.7 Å². The van der Waals surface area contributed by atoms with Crippen molar-refractivity contribution in [1.29, 1.82) is 0 Å². The first-order chi connectivity index (χ1) is 12.6. The zero-order chi connectivity index (χ0) is 20.2. The first-order valence-corrected chi connectivity index (χ1v) is 9.61. The Bertz CT molecular complexity index is 684. The van der Waals surface area contributed by atoms with Crippen LogP contribution in [0.25, 0.3) is 0 Å². The summed E-state index contributed by atoms with van der Waals surface area (Å²) < 4.78 is 0. The fraction of sp³-hybridized carbons (Fsp3) is 0.571. The van der Waals surface area contributed by atoms with Gasteiger partial charge in [0.05, 0.1) is 0 Å². The fourth-order valence-corrected chi connectivity index (χ4v) is 3.14. The average Bonchev–Trinajstić information content (AvgIpc) is 2.66. The van der Waals surface area contributed by atoms with Gasteiger partial charge in [-0.25, -0.2) is 0 Å². The van der Waals surface area contributed by atoms with Crippen LogP contribution in [0.3, 0.4) is 0 Å². The van der Waals surface area contributed by atoms with Crippen LogP contribution in [0.2, 0.25) is 0 Å². The maximum absolute atomic E-state index is 12.6. The number of hydrogen-bond acceptors (Lipinski definition) is 3. The Morgan fingerprint density at radius 1 is 1.00 bits per heavy atom. The molecule has 1 unspecified atom stereocenters. The minimum atomic E-state index is -0.604. The molecule has 6 heteroatoms. The molecule has 0 bridgehead atoms. The molecule has 0 aliphatic carbocycles. The molecule has 1 atom stereocenters. The molecule has 1 aromatic rings. The molecule has 1 aliphatic heterocycles. The highest BCUT2D eigenvalue weighted by Crippen LogP contribution is 2.22. The number of carbonyl (C=O) groups excluding carboxylic acids is 3. The van der Waals surface area contributed by atoms with Crippen LogP contribution in [0.4, 0.5) is 0 Å². The highest BCUT2D eigenvalue weighted by molar-refractivity contribution is 5.97. The summed E-state index contributed by atoms with van der Waals surface area (Å²) in [4.78, 5) is 40.3. The van der Waals surface area contributed by atoms with E-state index in [0.29, 0.717) is 38.2 Å². The smallest absolute Gasteiger partial charge is 0.251 e. The van der Waals surface area contributed by atoms with Gasteiger partial charge in [0.15, 0.2) is 0 Å². The molecular formula is C21H31N3O3. The van der Waals surface area contributed by atoms with Crippen molar-refractivity contribution < 1.29 is 14.4 Å². The van der Waals surface area contributed by atoms with E-state index in [1.165, 1.54) is 0 Å². The summed E-state index contributed by atoms with van der Waals surface area (Å²) in [6, 6.07) is 6.88. The van der Waals surface area contributed by atoms with Crippen LogP contribution in [0.1, 0.15) is 57.0 Å². The third-order valence-corrected chi connectivity index (χ3v) is 4.98. The fourth-order valence-electron chi connectivity index (χ4n) is 3.14. The number of rotatable bonds is 4. The zero-order valence-electron chi connectivity index (χ0n) is 17.0. The highest BCUT2D eigenvalue weighted by atomic mass is 16.2.